The molecule has 0 aliphatic heterocycles. The lowest BCUT2D eigenvalue weighted by Crippen LogP contribution is -1.89. The molecule has 11 heavy (non-hydrogen) atoms. The van der Waals surface area contributed by atoms with Gasteiger partial charge in [0.05, 0.1) is 0 Å². The van der Waals surface area contributed by atoms with Crippen LogP contribution in [0, 0.1) is 0 Å². The fourth-order valence-corrected chi connectivity index (χ4v) is 0. The predicted molar refractivity (Wildman–Crippen MR) is 41.7 cm³/mol. The number of halogens is 2. The summed E-state index contributed by atoms with van der Waals surface area (Å²) < 4.78 is 56.9. The smallest absolute Gasteiger partial charge is 0.264 e. The summed E-state index contributed by atoms with van der Waals surface area (Å²) in [4.78, 5) is 0. The fraction of sp³-hybridized carbons (Fsp3) is 0. The van der Waals surface area contributed by atoms with Gasteiger partial charge >= 0.3 is 21.0 Å². The second-order valence-electron chi connectivity index (χ2n) is 0.652. The Balaban J connectivity index is -0.0000000965. The zero-order valence-corrected chi connectivity index (χ0v) is 9.31. The lowest BCUT2D eigenvalue weighted by Gasteiger charge is -1.68. The van der Waals surface area contributed by atoms with Crippen LogP contribution in [0.1, 0.15) is 0 Å². The summed E-state index contributed by atoms with van der Waals surface area (Å²) in [6, 6.07) is 0. The van der Waals surface area contributed by atoms with E-state index < -0.39 is 21.0 Å². The van der Waals surface area contributed by atoms with Crippen molar-refractivity contribution in [3.05, 3.63) is 0 Å². The molecule has 0 rings (SSSR count). The summed E-state index contributed by atoms with van der Waals surface area (Å²) in [5, 5.41) is 0. The Hall–Kier alpha value is 0.450. The number of hydrogen-bond acceptors (Lipinski definition) is 5. The van der Waals surface area contributed by atoms with Crippen molar-refractivity contribution >= 4 is 49.3 Å². The van der Waals surface area contributed by atoms with Crippen molar-refractivity contribution in [2.45, 2.75) is 0 Å². The average molecular weight is 338 g/mol. The zero-order chi connectivity index (χ0) is 10.1. The second kappa shape index (κ2) is 10.4. The van der Waals surface area contributed by atoms with Gasteiger partial charge in [-0.1, -0.05) is 0 Å². The summed E-state index contributed by atoms with van der Waals surface area (Å²) in [7, 11) is -7.78. The lowest BCUT2D eigenvalue weighted by molar-refractivity contribution is 0.381. The minimum absolute atomic E-state index is 2.75. The molecule has 0 unspecified atom stereocenters. The van der Waals surface area contributed by atoms with Crippen molar-refractivity contribution in [3.8, 4) is 0 Å². The molecule has 0 saturated carbocycles. The van der Waals surface area contributed by atoms with E-state index in [9.17, 15) is 0 Å². The summed E-state index contributed by atoms with van der Waals surface area (Å²) in [6.07, 6.45) is 0. The first-order chi connectivity index (χ1) is 4.73. The van der Waals surface area contributed by atoms with Gasteiger partial charge in [-0.25, -0.2) is 0 Å². The Labute approximate surface area is 79.3 Å². The molecule has 0 aromatic heterocycles. The molecule has 2 N–H and O–H groups in total. The Morgan fingerprint density at radius 1 is 1.00 bits per heavy atom. The van der Waals surface area contributed by atoms with Crippen molar-refractivity contribution in [3.63, 3.8) is 0 Å². The molecule has 0 radical (unpaired) electrons. The molecule has 0 bridgehead atoms. The van der Waals surface area contributed by atoms with Crippen LogP contribution < -0.4 is 0 Å². The van der Waals surface area contributed by atoms with Crippen LogP contribution in [0.4, 0.5) is 0 Å². The van der Waals surface area contributed by atoms with Gasteiger partial charge in [-0.15, -0.1) is 12.6 Å². The van der Waals surface area contributed by atoms with Gasteiger partial charge in [0.2, 0.25) is 0 Å². The van der Waals surface area contributed by atoms with Gasteiger partial charge in [0.15, 0.2) is 0 Å². The summed E-state index contributed by atoms with van der Waals surface area (Å²) in [6.45, 7) is 0. The molecule has 0 fully saturated rings. The van der Waals surface area contributed by atoms with Gasteiger partial charge < -0.3 is 0 Å². The maximum Gasteiger partial charge on any atom is 0.425 e. The van der Waals surface area contributed by atoms with E-state index in [1.54, 1.807) is 0 Å². The molecule has 7 nitrogen and oxygen atoms in total. The molecule has 0 saturated heterocycles. The van der Waals surface area contributed by atoms with E-state index in [-0.39, 0.29) is 0 Å². The molecule has 0 aromatic carbocycles. The van der Waals surface area contributed by atoms with Gasteiger partial charge in [0.1, 0.15) is 0 Å². The third-order valence-corrected chi connectivity index (χ3v) is 0. The molecular formula is H2Br2O7S2. The molecule has 11 heteroatoms. The molecule has 0 aromatic rings. The molecule has 0 aliphatic carbocycles. The Kier molecular flexibility index (Phi) is 16.6. The molecule has 0 aliphatic rings. The minimum atomic E-state index is -4.67. The van der Waals surface area contributed by atoms with E-state index in [2.05, 4.69) is 28.3 Å². The van der Waals surface area contributed by atoms with Crippen LogP contribution in [0.5, 0.6) is 0 Å². The molecule has 0 spiro atoms. The highest BCUT2D eigenvalue weighted by atomic mass is 80.9. The standard InChI is InChI=1S/Br2.H2O4S.O3S/c1-2;1-5(2,3)4;1-4(2)3/h;(H2,1,2,3,4);. The molecule has 0 atom stereocenters. The van der Waals surface area contributed by atoms with E-state index in [1.807, 2.05) is 0 Å². The van der Waals surface area contributed by atoms with E-state index in [0.29, 0.717) is 0 Å². The van der Waals surface area contributed by atoms with Crippen LogP contribution in [0.15, 0.2) is 0 Å². The largest absolute Gasteiger partial charge is 0.425 e. The average Bonchev–Trinajstić information content (AvgIpc) is 1.63. The monoisotopic (exact) mass is 336 g/mol. The van der Waals surface area contributed by atoms with Crippen molar-refractivity contribution in [2.75, 3.05) is 0 Å². The van der Waals surface area contributed by atoms with Crippen LogP contribution in [0.25, 0.3) is 0 Å². The van der Waals surface area contributed by atoms with Crippen molar-refractivity contribution in [1.82, 2.24) is 0 Å². The molecule has 0 amide bonds. The van der Waals surface area contributed by atoms with Crippen LogP contribution >= 0.6 is 28.3 Å². The zero-order valence-electron chi connectivity index (χ0n) is 4.51. The van der Waals surface area contributed by atoms with E-state index in [4.69, 9.17) is 30.1 Å². The third-order valence-electron chi connectivity index (χ3n) is 0. The number of hydrogen-bond donors (Lipinski definition) is 2. The number of rotatable bonds is 0. The first-order valence-electron chi connectivity index (χ1n) is 1.34. The maximum atomic E-state index is 8.74. The minimum Gasteiger partial charge on any atom is -0.264 e. The summed E-state index contributed by atoms with van der Waals surface area (Å²) in [5.74, 6) is 0. The van der Waals surface area contributed by atoms with E-state index in [0.717, 1.165) is 0 Å². The van der Waals surface area contributed by atoms with Crippen molar-refractivity contribution < 1.29 is 30.1 Å². The van der Waals surface area contributed by atoms with E-state index in [1.165, 1.54) is 0 Å². The van der Waals surface area contributed by atoms with Gasteiger partial charge in [0.25, 0.3) is 0 Å². The first kappa shape index (κ1) is 17.5. The van der Waals surface area contributed by atoms with Crippen LogP contribution in [0.2, 0.25) is 0 Å². The summed E-state index contributed by atoms with van der Waals surface area (Å²) >= 11 is 5.50. The van der Waals surface area contributed by atoms with Crippen molar-refractivity contribution in [2.24, 2.45) is 0 Å². The van der Waals surface area contributed by atoms with Crippen LogP contribution in [0.3, 0.4) is 0 Å². The first-order valence-corrected chi connectivity index (χ1v) is 7.45. The van der Waals surface area contributed by atoms with E-state index >= 15 is 0 Å². The molecule has 0 heterocycles. The predicted octanol–water partition coefficient (Wildman–Crippen LogP) is 0.0343. The summed E-state index contributed by atoms with van der Waals surface area (Å²) in [5.41, 5.74) is 0. The lowest BCUT2D eigenvalue weighted by atomic mass is 15.8. The van der Waals surface area contributed by atoms with Gasteiger partial charge in [-0.05, 0) is 0 Å². The normalized spacial score (nSPS) is 8.00. The Bertz CT molecular complexity index is 227. The fourth-order valence-electron chi connectivity index (χ4n) is 0. The highest BCUT2D eigenvalue weighted by Crippen LogP contribution is 1.85. The Morgan fingerprint density at radius 3 is 1.00 bits per heavy atom. The van der Waals surface area contributed by atoms with Gasteiger partial charge in [0, 0.05) is 28.3 Å². The highest BCUT2D eigenvalue weighted by molar-refractivity contribution is 9.93. The van der Waals surface area contributed by atoms with Gasteiger partial charge in [-0.2, -0.15) is 8.42 Å². The van der Waals surface area contributed by atoms with Crippen LogP contribution in [-0.4, -0.2) is 30.1 Å². The maximum absolute atomic E-state index is 8.74. The molecule has 70 valence electrons. The Morgan fingerprint density at radius 2 is 1.00 bits per heavy atom. The van der Waals surface area contributed by atoms with Gasteiger partial charge in [-0.3, -0.25) is 9.11 Å². The molecular weight excluding hydrogens is 336 g/mol. The van der Waals surface area contributed by atoms with Crippen molar-refractivity contribution in [1.29, 1.82) is 0 Å². The van der Waals surface area contributed by atoms with Crippen LogP contribution in [-0.2, 0) is 21.0 Å². The quantitative estimate of drug-likeness (QED) is 0.597. The SMILES string of the molecule is BrBr.O=S(=O)(O)O.O=S(=O)=O. The third kappa shape index (κ3) is 3680. The highest BCUT2D eigenvalue weighted by Gasteiger charge is 1.84. The topological polar surface area (TPSA) is 126 Å². The second-order valence-corrected chi connectivity index (χ2v) is 1.96.